The molecule has 0 saturated carbocycles. The molecule has 0 saturated heterocycles. The molecule has 0 unspecified atom stereocenters. The van der Waals surface area contributed by atoms with Crippen LogP contribution in [0.15, 0.2) is 41.8 Å². The van der Waals surface area contributed by atoms with E-state index in [0.717, 1.165) is 5.56 Å². The van der Waals surface area contributed by atoms with Crippen molar-refractivity contribution in [2.24, 2.45) is 0 Å². The second kappa shape index (κ2) is 9.58. The van der Waals surface area contributed by atoms with Crippen LogP contribution in [-0.2, 0) is 14.4 Å². The van der Waals surface area contributed by atoms with Gasteiger partial charge in [-0.3, -0.25) is 0 Å². The highest BCUT2D eigenvalue weighted by Crippen LogP contribution is 2.36. The van der Waals surface area contributed by atoms with Crippen molar-refractivity contribution in [3.05, 3.63) is 42.5 Å². The van der Waals surface area contributed by atoms with Crippen LogP contribution in [0.1, 0.15) is 39.2 Å². The molecule has 4 nitrogen and oxygen atoms in total. The van der Waals surface area contributed by atoms with Gasteiger partial charge in [0.1, 0.15) is 0 Å². The molecule has 1 rings (SSSR count). The van der Waals surface area contributed by atoms with Crippen molar-refractivity contribution in [2.75, 3.05) is 13.2 Å². The Labute approximate surface area is 166 Å². The van der Waals surface area contributed by atoms with Crippen molar-refractivity contribution in [3.8, 4) is 12.0 Å². The maximum Gasteiger partial charge on any atom is 0.270 e. The maximum atomic E-state index is 12.9. The van der Waals surface area contributed by atoms with Crippen LogP contribution in [-0.4, -0.2) is 34.2 Å². The number of rotatable bonds is 8. The van der Waals surface area contributed by atoms with Crippen LogP contribution in [0.4, 0.5) is 0 Å². The molecule has 1 aromatic rings. The van der Waals surface area contributed by atoms with E-state index in [0.29, 0.717) is 19.4 Å². The van der Waals surface area contributed by atoms with Gasteiger partial charge in [0.05, 0.1) is 4.90 Å². The lowest BCUT2D eigenvalue weighted by Gasteiger charge is -2.35. The van der Waals surface area contributed by atoms with Crippen molar-refractivity contribution in [1.29, 1.82) is 0 Å². The van der Waals surface area contributed by atoms with Crippen LogP contribution in [0.5, 0.6) is 0 Å². The zero-order valence-corrected chi connectivity index (χ0v) is 19.3. The standard InChI is InChI=1S/C21H33NO3SSi/c1-8-9-16-22(26(23,24)20-14-12-19(2)13-15-20)17-10-11-18-25-27(6,7)21(3,4)5/h8,12-15H,1,9,11,16,18H2,2-7H3. The fourth-order valence-electron chi connectivity index (χ4n) is 2.00. The first-order valence-electron chi connectivity index (χ1n) is 9.24. The summed E-state index contributed by atoms with van der Waals surface area (Å²) in [7, 11) is -5.46. The Morgan fingerprint density at radius 3 is 2.33 bits per heavy atom. The van der Waals surface area contributed by atoms with Crippen LogP contribution >= 0.6 is 0 Å². The van der Waals surface area contributed by atoms with E-state index in [2.05, 4.69) is 52.4 Å². The van der Waals surface area contributed by atoms with Crippen LogP contribution in [0.2, 0.25) is 18.1 Å². The topological polar surface area (TPSA) is 46.6 Å². The van der Waals surface area contributed by atoms with Crippen molar-refractivity contribution >= 4 is 18.3 Å². The molecule has 6 heteroatoms. The molecule has 1 aromatic carbocycles. The molecule has 0 N–H and O–H groups in total. The fraction of sp³-hybridized carbons (Fsp3) is 0.524. The van der Waals surface area contributed by atoms with Crippen LogP contribution in [0, 0.1) is 18.9 Å². The first-order chi connectivity index (χ1) is 12.4. The smallest absolute Gasteiger partial charge is 0.270 e. The zero-order valence-electron chi connectivity index (χ0n) is 17.5. The quantitative estimate of drug-likeness (QED) is 0.202. The lowest BCUT2D eigenvalue weighted by atomic mass is 10.2. The van der Waals surface area contributed by atoms with E-state index in [4.69, 9.17) is 4.43 Å². The van der Waals surface area contributed by atoms with E-state index in [1.54, 1.807) is 30.3 Å². The number of benzene rings is 1. The first-order valence-corrected chi connectivity index (χ1v) is 13.6. The van der Waals surface area contributed by atoms with Gasteiger partial charge in [0.2, 0.25) is 0 Å². The van der Waals surface area contributed by atoms with Crippen molar-refractivity contribution in [1.82, 2.24) is 4.31 Å². The third-order valence-corrected chi connectivity index (χ3v) is 11.1. The molecule has 0 fully saturated rings. The van der Waals surface area contributed by atoms with E-state index < -0.39 is 18.3 Å². The average molecular weight is 408 g/mol. The Hall–Kier alpha value is -1.55. The summed E-state index contributed by atoms with van der Waals surface area (Å²) in [5.74, 6) is 2.97. The lowest BCUT2D eigenvalue weighted by molar-refractivity contribution is 0.296. The van der Waals surface area contributed by atoms with Gasteiger partial charge < -0.3 is 4.43 Å². The SMILES string of the molecule is C=CCCN(C#CCCO[Si](C)(C)C(C)(C)C)S(=O)(=O)c1ccc(C)cc1. The molecular formula is C21H33NO3SSi. The zero-order chi connectivity index (χ0) is 20.7. The van der Waals surface area contributed by atoms with E-state index in [1.807, 2.05) is 6.92 Å². The van der Waals surface area contributed by atoms with E-state index in [9.17, 15) is 8.42 Å². The van der Waals surface area contributed by atoms with Crippen LogP contribution in [0.25, 0.3) is 0 Å². The van der Waals surface area contributed by atoms with Crippen LogP contribution < -0.4 is 0 Å². The number of hydrogen-bond donors (Lipinski definition) is 0. The Balaban J connectivity index is 2.86. The van der Waals surface area contributed by atoms with Gasteiger partial charge in [-0.15, -0.1) is 6.58 Å². The first kappa shape index (κ1) is 23.5. The molecular weight excluding hydrogens is 374 g/mol. The maximum absolute atomic E-state index is 12.9. The molecule has 0 amide bonds. The van der Waals surface area contributed by atoms with Gasteiger partial charge in [-0.2, -0.15) is 0 Å². The minimum atomic E-state index is -3.65. The van der Waals surface area contributed by atoms with Gasteiger partial charge in [-0.1, -0.05) is 50.5 Å². The summed E-state index contributed by atoms with van der Waals surface area (Å²) in [5.41, 5.74) is 1.01. The fourth-order valence-corrected chi connectivity index (χ4v) is 4.31. The van der Waals surface area contributed by atoms with Crippen LogP contribution in [0.3, 0.4) is 0 Å². The number of aryl methyl sites for hydroxylation is 1. The van der Waals surface area contributed by atoms with Crippen molar-refractivity contribution in [3.63, 3.8) is 0 Å². The molecule has 0 aliphatic heterocycles. The van der Waals surface area contributed by atoms with Gasteiger partial charge in [-0.25, -0.2) is 12.7 Å². The summed E-state index contributed by atoms with van der Waals surface area (Å²) in [6.45, 7) is 17.4. The highest BCUT2D eigenvalue weighted by molar-refractivity contribution is 7.89. The van der Waals surface area contributed by atoms with E-state index in [-0.39, 0.29) is 16.5 Å². The third kappa shape index (κ3) is 6.84. The van der Waals surface area contributed by atoms with Gasteiger partial charge in [0, 0.05) is 25.6 Å². The van der Waals surface area contributed by atoms with Crippen molar-refractivity contribution < 1.29 is 12.8 Å². The molecule has 0 aliphatic carbocycles. The Morgan fingerprint density at radius 2 is 1.81 bits per heavy atom. The minimum absolute atomic E-state index is 0.144. The monoisotopic (exact) mass is 407 g/mol. The lowest BCUT2D eigenvalue weighted by Crippen LogP contribution is -2.40. The Bertz CT molecular complexity index is 781. The summed E-state index contributed by atoms with van der Waals surface area (Å²) < 4.78 is 33.0. The summed E-state index contributed by atoms with van der Waals surface area (Å²) >= 11 is 0. The number of nitrogens with zero attached hydrogens (tertiary/aromatic N) is 1. The molecule has 0 atom stereocenters. The number of hydrogen-bond acceptors (Lipinski definition) is 3. The molecule has 0 radical (unpaired) electrons. The second-order valence-corrected chi connectivity index (χ2v) is 14.8. The molecule has 150 valence electrons. The summed E-state index contributed by atoms with van der Waals surface area (Å²) in [6.07, 6.45) is 2.74. The van der Waals surface area contributed by atoms with Crippen molar-refractivity contribution in [2.45, 2.75) is 63.6 Å². The highest BCUT2D eigenvalue weighted by atomic mass is 32.2. The largest absolute Gasteiger partial charge is 0.416 e. The molecule has 0 aromatic heterocycles. The Kier molecular flexibility index (Phi) is 8.34. The molecule has 0 bridgehead atoms. The number of sulfonamides is 1. The third-order valence-electron chi connectivity index (χ3n) is 4.85. The molecule has 0 heterocycles. The molecule has 27 heavy (non-hydrogen) atoms. The molecule has 0 spiro atoms. The van der Waals surface area contributed by atoms with E-state index >= 15 is 0 Å². The highest BCUT2D eigenvalue weighted by Gasteiger charge is 2.36. The van der Waals surface area contributed by atoms with Gasteiger partial charge >= 0.3 is 0 Å². The molecule has 0 aliphatic rings. The normalized spacial score (nSPS) is 12.2. The predicted octanol–water partition coefficient (Wildman–Crippen LogP) is 4.93. The summed E-state index contributed by atoms with van der Waals surface area (Å²) in [6, 6.07) is 9.64. The van der Waals surface area contributed by atoms with Gasteiger partial charge in [0.25, 0.3) is 10.0 Å². The van der Waals surface area contributed by atoms with E-state index in [1.165, 1.54) is 4.31 Å². The predicted molar refractivity (Wildman–Crippen MR) is 115 cm³/mol. The minimum Gasteiger partial charge on any atom is -0.416 e. The average Bonchev–Trinajstić information content (AvgIpc) is 2.56. The Morgan fingerprint density at radius 1 is 1.22 bits per heavy atom. The second-order valence-electron chi connectivity index (χ2n) is 8.11. The van der Waals surface area contributed by atoms with Gasteiger partial charge in [0.15, 0.2) is 8.32 Å². The summed E-state index contributed by atoms with van der Waals surface area (Å²) in [4.78, 5) is 0.254. The summed E-state index contributed by atoms with van der Waals surface area (Å²) in [5, 5.41) is 0.144. The van der Waals surface area contributed by atoms with Gasteiger partial charge in [-0.05, 0) is 43.6 Å².